The Balaban J connectivity index is 2.46. The van der Waals surface area contributed by atoms with Crippen molar-refractivity contribution in [1.29, 1.82) is 0 Å². The molecule has 3 nitrogen and oxygen atoms in total. The number of halogens is 1. The number of carbonyl (C=O) groups excluding carboxylic acids is 1. The van der Waals surface area contributed by atoms with E-state index in [1.54, 1.807) is 20.0 Å². The average molecular weight is 274 g/mol. The highest BCUT2D eigenvalue weighted by atomic mass is 35.5. The van der Waals surface area contributed by atoms with E-state index < -0.39 is 6.10 Å². The SMILES string of the molecule is CC(O)CN(C)C(=O)CSc1ccccc1Cl. The van der Waals surface area contributed by atoms with Crippen LogP contribution in [0.4, 0.5) is 0 Å². The number of carbonyl (C=O) groups is 1. The van der Waals surface area contributed by atoms with E-state index >= 15 is 0 Å². The Morgan fingerprint density at radius 2 is 2.18 bits per heavy atom. The van der Waals surface area contributed by atoms with Crippen LogP contribution < -0.4 is 0 Å². The van der Waals surface area contributed by atoms with Gasteiger partial charge in [-0.15, -0.1) is 11.8 Å². The number of hydrogen-bond acceptors (Lipinski definition) is 3. The second kappa shape index (κ2) is 6.89. The zero-order chi connectivity index (χ0) is 12.8. The normalized spacial score (nSPS) is 12.2. The van der Waals surface area contributed by atoms with E-state index in [0.29, 0.717) is 17.3 Å². The minimum Gasteiger partial charge on any atom is -0.392 e. The van der Waals surface area contributed by atoms with Gasteiger partial charge in [0.1, 0.15) is 0 Å². The van der Waals surface area contributed by atoms with Crippen molar-refractivity contribution in [2.24, 2.45) is 0 Å². The quantitative estimate of drug-likeness (QED) is 0.837. The van der Waals surface area contributed by atoms with Gasteiger partial charge in [-0.1, -0.05) is 23.7 Å². The molecule has 0 bridgehead atoms. The monoisotopic (exact) mass is 273 g/mol. The van der Waals surface area contributed by atoms with Crippen LogP contribution in [0.1, 0.15) is 6.92 Å². The number of hydrogen-bond donors (Lipinski definition) is 1. The molecule has 0 aliphatic carbocycles. The molecule has 1 rings (SSSR count). The lowest BCUT2D eigenvalue weighted by molar-refractivity contribution is -0.128. The summed E-state index contributed by atoms with van der Waals surface area (Å²) in [6.45, 7) is 2.01. The molecule has 1 aromatic carbocycles. The molecule has 1 unspecified atom stereocenters. The van der Waals surface area contributed by atoms with Crippen LogP contribution in [0.2, 0.25) is 5.02 Å². The van der Waals surface area contributed by atoms with Gasteiger partial charge in [0.25, 0.3) is 0 Å². The lowest BCUT2D eigenvalue weighted by Gasteiger charge is -2.18. The molecule has 1 aromatic rings. The van der Waals surface area contributed by atoms with Crippen LogP contribution in [0.15, 0.2) is 29.2 Å². The summed E-state index contributed by atoms with van der Waals surface area (Å²) in [4.78, 5) is 14.1. The van der Waals surface area contributed by atoms with Crippen LogP contribution in [0.5, 0.6) is 0 Å². The maximum absolute atomic E-state index is 11.7. The summed E-state index contributed by atoms with van der Waals surface area (Å²) in [6.07, 6.45) is -0.505. The molecular weight excluding hydrogens is 258 g/mol. The van der Waals surface area contributed by atoms with E-state index in [0.717, 1.165) is 4.90 Å². The third-order valence-electron chi connectivity index (χ3n) is 2.15. The number of aliphatic hydroxyl groups is 1. The van der Waals surface area contributed by atoms with Gasteiger partial charge in [0.2, 0.25) is 5.91 Å². The van der Waals surface area contributed by atoms with Crippen molar-refractivity contribution in [3.63, 3.8) is 0 Å². The zero-order valence-electron chi connectivity index (χ0n) is 9.89. The fourth-order valence-corrected chi connectivity index (χ4v) is 2.49. The molecule has 17 heavy (non-hydrogen) atoms. The largest absolute Gasteiger partial charge is 0.392 e. The molecule has 1 N–H and O–H groups in total. The molecular formula is C12H16ClNO2S. The number of thioether (sulfide) groups is 1. The van der Waals surface area contributed by atoms with Crippen molar-refractivity contribution < 1.29 is 9.90 Å². The Kier molecular flexibility index (Phi) is 5.82. The van der Waals surface area contributed by atoms with E-state index in [9.17, 15) is 9.90 Å². The fraction of sp³-hybridized carbons (Fsp3) is 0.417. The second-order valence-corrected chi connectivity index (χ2v) is 5.27. The van der Waals surface area contributed by atoms with Crippen molar-refractivity contribution >= 4 is 29.3 Å². The molecule has 0 spiro atoms. The predicted octanol–water partition coefficient (Wildman–Crippen LogP) is 2.27. The van der Waals surface area contributed by atoms with Crippen LogP contribution >= 0.6 is 23.4 Å². The van der Waals surface area contributed by atoms with Gasteiger partial charge in [0.15, 0.2) is 0 Å². The molecule has 1 amide bonds. The summed E-state index contributed by atoms with van der Waals surface area (Å²) in [5, 5.41) is 9.84. The highest BCUT2D eigenvalue weighted by Gasteiger charge is 2.11. The lowest BCUT2D eigenvalue weighted by Crippen LogP contribution is -2.34. The summed E-state index contributed by atoms with van der Waals surface area (Å²) < 4.78 is 0. The fourth-order valence-electron chi connectivity index (χ4n) is 1.31. The number of nitrogens with zero attached hydrogens (tertiary/aromatic N) is 1. The van der Waals surface area contributed by atoms with Crippen LogP contribution in [-0.4, -0.2) is 41.4 Å². The van der Waals surface area contributed by atoms with Crippen molar-refractivity contribution in [2.75, 3.05) is 19.3 Å². The van der Waals surface area contributed by atoms with Crippen LogP contribution in [0.25, 0.3) is 0 Å². The Labute approximate surface area is 111 Å². The number of benzene rings is 1. The third-order valence-corrected chi connectivity index (χ3v) is 3.65. The minimum atomic E-state index is -0.505. The summed E-state index contributed by atoms with van der Waals surface area (Å²) in [7, 11) is 1.68. The minimum absolute atomic E-state index is 0.0178. The maximum atomic E-state index is 11.7. The van der Waals surface area contributed by atoms with E-state index in [-0.39, 0.29) is 5.91 Å². The Morgan fingerprint density at radius 1 is 1.53 bits per heavy atom. The first kappa shape index (κ1) is 14.4. The molecule has 0 heterocycles. The van der Waals surface area contributed by atoms with E-state index in [1.165, 1.54) is 16.7 Å². The number of amides is 1. The third kappa shape index (κ3) is 4.98. The smallest absolute Gasteiger partial charge is 0.232 e. The molecule has 0 aliphatic rings. The predicted molar refractivity (Wildman–Crippen MR) is 71.5 cm³/mol. The molecule has 0 fully saturated rings. The van der Waals surface area contributed by atoms with Gasteiger partial charge in [-0.2, -0.15) is 0 Å². The molecule has 0 saturated heterocycles. The number of aliphatic hydroxyl groups excluding tert-OH is 1. The molecule has 0 aliphatic heterocycles. The first-order valence-corrected chi connectivity index (χ1v) is 6.66. The Morgan fingerprint density at radius 3 is 2.76 bits per heavy atom. The summed E-state index contributed by atoms with van der Waals surface area (Å²) in [6, 6.07) is 7.43. The second-order valence-electron chi connectivity index (χ2n) is 3.84. The van der Waals surface area contributed by atoms with Crippen LogP contribution in [-0.2, 0) is 4.79 Å². The summed E-state index contributed by atoms with van der Waals surface area (Å²) in [5.41, 5.74) is 0. The van der Waals surface area contributed by atoms with Gasteiger partial charge in [0.05, 0.1) is 16.9 Å². The van der Waals surface area contributed by atoms with Gasteiger partial charge >= 0.3 is 0 Å². The Bertz CT molecular complexity index is 385. The van der Waals surface area contributed by atoms with Gasteiger partial charge in [-0.05, 0) is 19.1 Å². The van der Waals surface area contributed by atoms with E-state index in [1.807, 2.05) is 18.2 Å². The van der Waals surface area contributed by atoms with Crippen molar-refractivity contribution in [3.05, 3.63) is 29.3 Å². The first-order valence-electron chi connectivity index (χ1n) is 5.30. The Hall–Kier alpha value is -0.710. The number of rotatable bonds is 5. The van der Waals surface area contributed by atoms with Crippen molar-refractivity contribution in [2.45, 2.75) is 17.9 Å². The van der Waals surface area contributed by atoms with Gasteiger partial charge in [-0.25, -0.2) is 0 Å². The highest BCUT2D eigenvalue weighted by Crippen LogP contribution is 2.26. The summed E-state index contributed by atoms with van der Waals surface area (Å²) >= 11 is 7.39. The van der Waals surface area contributed by atoms with Crippen LogP contribution in [0, 0.1) is 0 Å². The molecule has 0 saturated carbocycles. The highest BCUT2D eigenvalue weighted by molar-refractivity contribution is 8.00. The average Bonchev–Trinajstić information content (AvgIpc) is 2.26. The van der Waals surface area contributed by atoms with Crippen LogP contribution in [0.3, 0.4) is 0 Å². The van der Waals surface area contributed by atoms with Gasteiger partial charge < -0.3 is 10.0 Å². The number of likely N-dealkylation sites (N-methyl/N-ethyl adjacent to an activating group) is 1. The molecule has 5 heteroatoms. The summed E-state index contributed by atoms with van der Waals surface area (Å²) in [5.74, 6) is 0.309. The molecule has 0 aromatic heterocycles. The zero-order valence-corrected chi connectivity index (χ0v) is 11.5. The van der Waals surface area contributed by atoms with Gasteiger partial charge in [0, 0.05) is 18.5 Å². The maximum Gasteiger partial charge on any atom is 0.232 e. The molecule has 0 radical (unpaired) electrons. The standard InChI is InChI=1S/C12H16ClNO2S/c1-9(15)7-14(2)12(16)8-17-11-6-4-3-5-10(11)13/h3-6,9,15H,7-8H2,1-2H3. The van der Waals surface area contributed by atoms with Crippen molar-refractivity contribution in [3.8, 4) is 0 Å². The molecule has 94 valence electrons. The lowest BCUT2D eigenvalue weighted by atomic mass is 10.4. The molecule has 1 atom stereocenters. The van der Waals surface area contributed by atoms with Gasteiger partial charge in [-0.3, -0.25) is 4.79 Å². The van der Waals surface area contributed by atoms with E-state index in [4.69, 9.17) is 11.6 Å². The van der Waals surface area contributed by atoms with E-state index in [2.05, 4.69) is 0 Å². The topological polar surface area (TPSA) is 40.5 Å². The van der Waals surface area contributed by atoms with Crippen molar-refractivity contribution in [1.82, 2.24) is 4.90 Å². The first-order chi connectivity index (χ1) is 8.00.